The van der Waals surface area contributed by atoms with E-state index < -0.39 is 0 Å². The lowest BCUT2D eigenvalue weighted by molar-refractivity contribution is 0.0743. The van der Waals surface area contributed by atoms with E-state index in [4.69, 9.17) is 0 Å². The fourth-order valence-corrected chi connectivity index (χ4v) is 4.16. The van der Waals surface area contributed by atoms with E-state index >= 15 is 0 Å². The van der Waals surface area contributed by atoms with Crippen molar-refractivity contribution in [2.24, 2.45) is 23.7 Å². The standard InChI is InChI=1S/C14H22/c1-2-6-12-10-14-8-4-3-7-13(14)9-11(12)5-1/h1,4,11-14H,2-3,5-10H2. The van der Waals surface area contributed by atoms with Crippen LogP contribution in [0.5, 0.6) is 0 Å². The monoisotopic (exact) mass is 190 g/mol. The topological polar surface area (TPSA) is 0 Å². The first-order chi connectivity index (χ1) is 6.93. The quantitative estimate of drug-likeness (QED) is 0.541. The number of fused-ring (bicyclic) bond motifs is 2. The molecular weight excluding hydrogens is 168 g/mol. The van der Waals surface area contributed by atoms with Crippen LogP contribution in [-0.2, 0) is 0 Å². The van der Waals surface area contributed by atoms with Crippen molar-refractivity contribution < 1.29 is 0 Å². The molecule has 0 heterocycles. The van der Waals surface area contributed by atoms with Crippen molar-refractivity contribution in [3.05, 3.63) is 12.8 Å². The molecule has 3 aliphatic rings. The molecule has 0 N–H and O–H groups in total. The molecule has 4 atom stereocenters. The summed E-state index contributed by atoms with van der Waals surface area (Å²) in [5, 5.41) is 0. The van der Waals surface area contributed by atoms with Crippen LogP contribution in [0.2, 0.25) is 0 Å². The van der Waals surface area contributed by atoms with Gasteiger partial charge < -0.3 is 0 Å². The maximum absolute atomic E-state index is 2.55. The Morgan fingerprint density at radius 3 is 1.64 bits per heavy atom. The summed E-state index contributed by atoms with van der Waals surface area (Å²) in [5.74, 6) is 4.38. The van der Waals surface area contributed by atoms with Crippen molar-refractivity contribution in [3.63, 3.8) is 0 Å². The summed E-state index contributed by atoms with van der Waals surface area (Å²) in [5.41, 5.74) is 0. The van der Waals surface area contributed by atoms with E-state index in [1.807, 2.05) is 0 Å². The van der Waals surface area contributed by atoms with Crippen LogP contribution in [0.1, 0.15) is 51.4 Å². The van der Waals surface area contributed by atoms with Gasteiger partial charge in [0, 0.05) is 0 Å². The first-order valence-corrected chi connectivity index (χ1v) is 6.57. The van der Waals surface area contributed by atoms with Crippen LogP contribution in [-0.4, -0.2) is 0 Å². The maximum Gasteiger partial charge on any atom is -0.0380 e. The minimum absolute atomic E-state index is 1.09. The summed E-state index contributed by atoms with van der Waals surface area (Å²) < 4.78 is 0. The van der Waals surface area contributed by atoms with Crippen LogP contribution in [0.25, 0.3) is 0 Å². The smallest absolute Gasteiger partial charge is 0.0380 e. The van der Waals surface area contributed by atoms with E-state index in [9.17, 15) is 0 Å². The summed E-state index contributed by atoms with van der Waals surface area (Å²) in [6, 6.07) is 0. The average Bonchev–Trinajstić information content (AvgIpc) is 2.26. The van der Waals surface area contributed by atoms with Gasteiger partial charge in [-0.2, -0.15) is 0 Å². The zero-order valence-electron chi connectivity index (χ0n) is 9.12. The molecule has 4 unspecified atom stereocenters. The predicted octanol–water partition coefficient (Wildman–Crippen LogP) is 4.02. The average molecular weight is 190 g/mol. The molecule has 0 bridgehead atoms. The zero-order chi connectivity index (χ0) is 9.38. The van der Waals surface area contributed by atoms with Crippen molar-refractivity contribution in [1.29, 1.82) is 0 Å². The minimum atomic E-state index is 1.09. The molecule has 0 aliphatic heterocycles. The van der Waals surface area contributed by atoms with Gasteiger partial charge in [-0.1, -0.05) is 0 Å². The molecule has 3 fully saturated rings. The Bertz CT molecular complexity index is 154. The van der Waals surface area contributed by atoms with Gasteiger partial charge in [0.2, 0.25) is 0 Å². The Kier molecular flexibility index (Phi) is 2.55. The zero-order valence-corrected chi connectivity index (χ0v) is 9.12. The lowest BCUT2D eigenvalue weighted by Gasteiger charge is -2.46. The molecule has 3 aliphatic carbocycles. The van der Waals surface area contributed by atoms with Gasteiger partial charge in [-0.15, -0.1) is 0 Å². The molecule has 2 radical (unpaired) electrons. The third-order valence-corrected chi connectivity index (χ3v) is 4.97. The van der Waals surface area contributed by atoms with Crippen LogP contribution in [0.3, 0.4) is 0 Å². The Morgan fingerprint density at radius 2 is 1.14 bits per heavy atom. The second-order valence-electron chi connectivity index (χ2n) is 5.72. The molecule has 78 valence electrons. The second kappa shape index (κ2) is 3.87. The second-order valence-corrected chi connectivity index (χ2v) is 5.72. The van der Waals surface area contributed by atoms with E-state index in [1.165, 1.54) is 38.5 Å². The molecule has 0 spiro atoms. The molecule has 14 heavy (non-hydrogen) atoms. The van der Waals surface area contributed by atoms with E-state index in [0.717, 1.165) is 23.7 Å². The Hall–Kier alpha value is 0. The van der Waals surface area contributed by atoms with Gasteiger partial charge in [-0.25, -0.2) is 0 Å². The van der Waals surface area contributed by atoms with Crippen LogP contribution in [0.15, 0.2) is 0 Å². The molecule has 0 saturated heterocycles. The molecule has 0 aromatic heterocycles. The van der Waals surface area contributed by atoms with Gasteiger partial charge in [0.15, 0.2) is 0 Å². The van der Waals surface area contributed by atoms with E-state index in [1.54, 1.807) is 12.8 Å². The summed E-state index contributed by atoms with van der Waals surface area (Å²) >= 11 is 0. The molecule has 3 saturated carbocycles. The van der Waals surface area contributed by atoms with Gasteiger partial charge >= 0.3 is 0 Å². The van der Waals surface area contributed by atoms with Crippen molar-refractivity contribution >= 4 is 0 Å². The summed E-state index contributed by atoms with van der Waals surface area (Å²) in [6.45, 7) is 0. The molecule has 0 nitrogen and oxygen atoms in total. The largest absolute Gasteiger partial charge is 0.0499 e. The molecule has 3 rings (SSSR count). The number of rotatable bonds is 0. The highest BCUT2D eigenvalue weighted by Gasteiger charge is 2.38. The highest BCUT2D eigenvalue weighted by Crippen LogP contribution is 2.49. The molecular formula is C14H22. The van der Waals surface area contributed by atoms with Gasteiger partial charge in [0.05, 0.1) is 0 Å². The fraction of sp³-hybridized carbons (Fsp3) is 0.857. The minimum Gasteiger partial charge on any atom is -0.0499 e. The van der Waals surface area contributed by atoms with Crippen molar-refractivity contribution in [2.45, 2.75) is 51.4 Å². The van der Waals surface area contributed by atoms with Gasteiger partial charge in [0.25, 0.3) is 0 Å². The number of hydrogen-bond acceptors (Lipinski definition) is 0. The Morgan fingerprint density at radius 1 is 0.643 bits per heavy atom. The van der Waals surface area contributed by atoms with Crippen LogP contribution in [0, 0.1) is 36.5 Å². The van der Waals surface area contributed by atoms with Crippen molar-refractivity contribution in [2.75, 3.05) is 0 Å². The third kappa shape index (κ3) is 1.61. The first kappa shape index (κ1) is 9.24. The third-order valence-electron chi connectivity index (χ3n) is 4.97. The van der Waals surface area contributed by atoms with E-state index in [0.29, 0.717) is 0 Å². The lowest BCUT2D eigenvalue weighted by Crippen LogP contribution is -2.35. The Labute approximate surface area is 88.5 Å². The van der Waals surface area contributed by atoms with Crippen LogP contribution >= 0.6 is 0 Å². The maximum atomic E-state index is 2.55. The first-order valence-electron chi connectivity index (χ1n) is 6.57. The molecule has 0 heteroatoms. The summed E-state index contributed by atoms with van der Waals surface area (Å²) in [6.07, 6.45) is 17.0. The predicted molar refractivity (Wildman–Crippen MR) is 59.5 cm³/mol. The fourth-order valence-electron chi connectivity index (χ4n) is 4.16. The molecule has 0 amide bonds. The van der Waals surface area contributed by atoms with Gasteiger partial charge in [-0.3, -0.25) is 0 Å². The van der Waals surface area contributed by atoms with Crippen molar-refractivity contribution in [3.8, 4) is 0 Å². The van der Waals surface area contributed by atoms with E-state index in [2.05, 4.69) is 12.8 Å². The highest BCUT2D eigenvalue weighted by atomic mass is 14.4. The van der Waals surface area contributed by atoms with E-state index in [-0.39, 0.29) is 0 Å². The number of hydrogen-bond donors (Lipinski definition) is 0. The summed E-state index contributed by atoms with van der Waals surface area (Å²) in [7, 11) is 0. The molecule has 0 aromatic carbocycles. The Balaban J connectivity index is 1.68. The highest BCUT2D eigenvalue weighted by molar-refractivity contribution is 4.95. The normalized spacial score (nSPS) is 48.0. The van der Waals surface area contributed by atoms with Gasteiger partial charge in [0.1, 0.15) is 0 Å². The molecule has 0 aromatic rings. The SMILES string of the molecule is [CH]1CCC2CC3C[CH]CCC3CC2C1. The van der Waals surface area contributed by atoms with Crippen LogP contribution in [0.4, 0.5) is 0 Å². The lowest BCUT2D eigenvalue weighted by atomic mass is 9.60. The van der Waals surface area contributed by atoms with Gasteiger partial charge in [-0.05, 0) is 87.9 Å². The summed E-state index contributed by atoms with van der Waals surface area (Å²) in [4.78, 5) is 0. The van der Waals surface area contributed by atoms with Crippen molar-refractivity contribution in [1.82, 2.24) is 0 Å². The van der Waals surface area contributed by atoms with Crippen LogP contribution < -0.4 is 0 Å².